The van der Waals surface area contributed by atoms with E-state index in [2.05, 4.69) is 36.7 Å². The number of nitrogens with zero attached hydrogens (tertiary/aromatic N) is 5. The summed E-state index contributed by atoms with van der Waals surface area (Å²) in [5.41, 5.74) is 3.05. The molecule has 2 aliphatic heterocycles. The average Bonchev–Trinajstić information content (AvgIpc) is 3.38. The fraction of sp³-hybridized carbons (Fsp3) is 0.417. The molecule has 208 valence electrons. The second kappa shape index (κ2) is 12.1. The van der Waals surface area contributed by atoms with Crippen LogP contribution in [0.25, 0.3) is 11.3 Å². The molecule has 39 heavy (non-hydrogen) atoms. The summed E-state index contributed by atoms with van der Waals surface area (Å²) in [7, 11) is 1.46. The maximum absolute atomic E-state index is 14.0. The Labute approximate surface area is 240 Å². The van der Waals surface area contributed by atoms with Crippen molar-refractivity contribution in [3.63, 3.8) is 0 Å². The van der Waals surface area contributed by atoms with E-state index in [1.54, 1.807) is 23.3 Å². The van der Waals surface area contributed by atoms with Gasteiger partial charge in [0.25, 0.3) is 5.91 Å². The smallest absolute Gasteiger partial charge is 0.285 e. The zero-order chi connectivity index (χ0) is 27.7. The van der Waals surface area contributed by atoms with E-state index in [1.807, 2.05) is 0 Å². The van der Waals surface area contributed by atoms with Crippen LogP contribution in [0, 0.1) is 5.82 Å². The fourth-order valence-electron chi connectivity index (χ4n) is 4.35. The van der Waals surface area contributed by atoms with Gasteiger partial charge < -0.3 is 19.7 Å². The summed E-state index contributed by atoms with van der Waals surface area (Å²) in [6, 6.07) is 5.18. The number of hydrazine groups is 1. The predicted molar refractivity (Wildman–Crippen MR) is 143 cm³/mol. The van der Waals surface area contributed by atoms with Crippen molar-refractivity contribution in [1.29, 1.82) is 0 Å². The minimum absolute atomic E-state index is 0.0175. The predicted octanol–water partition coefficient (Wildman–Crippen LogP) is 2.67. The number of aromatic nitrogens is 4. The van der Waals surface area contributed by atoms with Crippen LogP contribution in [0.15, 0.2) is 46.0 Å². The van der Waals surface area contributed by atoms with E-state index in [-0.39, 0.29) is 16.6 Å². The number of amides is 1. The second-order valence-corrected chi connectivity index (χ2v) is 11.5. The van der Waals surface area contributed by atoms with Gasteiger partial charge in [-0.2, -0.15) is 0 Å². The molecular weight excluding hydrogens is 619 g/mol. The van der Waals surface area contributed by atoms with Gasteiger partial charge in [-0.3, -0.25) is 10.2 Å². The first-order chi connectivity index (χ1) is 18.8. The Bertz CT molecular complexity index is 1350. The van der Waals surface area contributed by atoms with Crippen molar-refractivity contribution in [1.82, 2.24) is 30.4 Å². The Morgan fingerprint density at radius 2 is 2.18 bits per heavy atom. The molecule has 0 radical (unpaired) electrons. The molecule has 5 atom stereocenters. The number of halogens is 3. The molecule has 1 amide bonds. The molecule has 15 heteroatoms. The number of hydrogen-bond donors (Lipinski definition) is 3. The number of aliphatic hydroxyl groups excluding tert-OH is 2. The van der Waals surface area contributed by atoms with E-state index in [1.165, 1.54) is 41.9 Å². The monoisotopic (exact) mass is 642 g/mol. The number of carbonyl (C=O) groups excluding carboxylic acids is 1. The first kappa shape index (κ1) is 28.4. The Balaban J connectivity index is 1.44. The van der Waals surface area contributed by atoms with E-state index in [0.29, 0.717) is 20.6 Å². The fourth-order valence-corrected chi connectivity index (χ4v) is 6.26. The Kier molecular flexibility index (Phi) is 8.83. The molecule has 2 fully saturated rings. The highest BCUT2D eigenvalue weighted by atomic mass is 79.9. The number of nitrogens with one attached hydrogen (secondary N) is 1. The highest BCUT2D eigenvalue weighted by Crippen LogP contribution is 2.41. The van der Waals surface area contributed by atoms with Crippen LogP contribution in [-0.4, -0.2) is 91.7 Å². The summed E-state index contributed by atoms with van der Waals surface area (Å²) >= 11 is 10.4. The number of methoxy groups -OCH3 is 1. The number of pyridine rings is 1. The van der Waals surface area contributed by atoms with Crippen LogP contribution in [0.2, 0.25) is 5.02 Å². The molecule has 2 saturated heterocycles. The van der Waals surface area contributed by atoms with Crippen LogP contribution < -0.4 is 5.43 Å². The zero-order valence-electron chi connectivity index (χ0n) is 20.6. The van der Waals surface area contributed by atoms with Crippen LogP contribution in [-0.2, 0) is 9.47 Å². The summed E-state index contributed by atoms with van der Waals surface area (Å²) in [5.74, 6) is -0.959. The lowest BCUT2D eigenvalue weighted by molar-refractivity contribution is -0.186. The maximum atomic E-state index is 14.0. The van der Waals surface area contributed by atoms with Gasteiger partial charge in [0.05, 0.1) is 17.8 Å². The lowest BCUT2D eigenvalue weighted by Crippen LogP contribution is -2.55. The van der Waals surface area contributed by atoms with Crippen LogP contribution in [0.4, 0.5) is 4.39 Å². The number of ether oxygens (including phenoxy) is 2. The third kappa shape index (κ3) is 5.98. The van der Waals surface area contributed by atoms with Crippen molar-refractivity contribution in [2.24, 2.45) is 0 Å². The van der Waals surface area contributed by atoms with E-state index >= 15 is 0 Å². The molecule has 0 bridgehead atoms. The summed E-state index contributed by atoms with van der Waals surface area (Å²) in [6.45, 7) is 1.05. The standard InChI is InChI=1S/C24H25BrClFN6O5S/c1-37-22-20(33-10-16(29-31-33)12-3-4-14(26)15(27)7-12)21(35)17(11-34)38-24(22)39-18-8-13(25)9-28-19(18)23(36)30-32-5-2-6-32/h3-4,7-10,17,20-22,24,34-35H,2,5-6,11H2,1H3,(H,30,36)/t17-,20+,21+,22-,24-/m1/s1. The molecule has 3 aromatic rings. The molecule has 5 rings (SSSR count). The van der Waals surface area contributed by atoms with Gasteiger partial charge >= 0.3 is 0 Å². The Hall–Kier alpha value is -2.17. The Morgan fingerprint density at radius 1 is 1.38 bits per heavy atom. The van der Waals surface area contributed by atoms with Gasteiger partial charge in [0, 0.05) is 41.3 Å². The van der Waals surface area contributed by atoms with E-state index < -0.39 is 42.2 Å². The molecular formula is C24H25BrClFN6O5S. The molecule has 0 unspecified atom stereocenters. The summed E-state index contributed by atoms with van der Waals surface area (Å²) < 4.78 is 27.9. The first-order valence-corrected chi connectivity index (χ1v) is 14.1. The van der Waals surface area contributed by atoms with Gasteiger partial charge in [-0.15, -0.1) is 5.10 Å². The lowest BCUT2D eigenvalue weighted by Gasteiger charge is -2.43. The Morgan fingerprint density at radius 3 is 2.85 bits per heavy atom. The molecule has 0 spiro atoms. The van der Waals surface area contributed by atoms with Crippen molar-refractivity contribution in [3.05, 3.63) is 57.7 Å². The molecule has 1 aromatic carbocycles. The molecule has 11 nitrogen and oxygen atoms in total. The average molecular weight is 644 g/mol. The molecule has 0 saturated carbocycles. The highest BCUT2D eigenvalue weighted by molar-refractivity contribution is 9.10. The number of aliphatic hydroxyl groups is 2. The molecule has 0 aliphatic carbocycles. The lowest BCUT2D eigenvalue weighted by atomic mass is 9.97. The second-order valence-electron chi connectivity index (χ2n) is 9.02. The van der Waals surface area contributed by atoms with Crippen LogP contribution in [0.1, 0.15) is 23.0 Å². The molecule has 3 N–H and O–H groups in total. The summed E-state index contributed by atoms with van der Waals surface area (Å²) in [5, 5.41) is 31.2. The van der Waals surface area contributed by atoms with E-state index in [9.17, 15) is 19.4 Å². The minimum Gasteiger partial charge on any atom is -0.394 e. The van der Waals surface area contributed by atoms with Crippen molar-refractivity contribution in [3.8, 4) is 11.3 Å². The van der Waals surface area contributed by atoms with Crippen molar-refractivity contribution >= 4 is 45.2 Å². The van der Waals surface area contributed by atoms with Crippen LogP contribution in [0.3, 0.4) is 0 Å². The molecule has 2 aromatic heterocycles. The highest BCUT2D eigenvalue weighted by Gasteiger charge is 2.48. The van der Waals surface area contributed by atoms with Crippen molar-refractivity contribution in [2.75, 3.05) is 26.8 Å². The SMILES string of the molecule is CO[C@@H]1[C@@H](n2cc(-c3ccc(Cl)c(F)c3)nn2)[C@@H](O)[C@@H](CO)O[C@@H]1Sc1cc(Br)cnc1C(=O)NN1CCC1. The van der Waals surface area contributed by atoms with E-state index in [4.69, 9.17) is 21.1 Å². The maximum Gasteiger partial charge on any atom is 0.285 e. The van der Waals surface area contributed by atoms with E-state index in [0.717, 1.165) is 19.5 Å². The third-order valence-corrected chi connectivity index (χ3v) is 8.44. The number of benzene rings is 1. The molecule has 4 heterocycles. The zero-order valence-corrected chi connectivity index (χ0v) is 23.7. The largest absolute Gasteiger partial charge is 0.394 e. The van der Waals surface area contributed by atoms with Crippen LogP contribution >= 0.6 is 39.3 Å². The van der Waals surface area contributed by atoms with Gasteiger partial charge in [-0.1, -0.05) is 34.6 Å². The quantitative estimate of drug-likeness (QED) is 0.336. The van der Waals surface area contributed by atoms with Gasteiger partial charge in [0.1, 0.15) is 47.0 Å². The van der Waals surface area contributed by atoms with Gasteiger partial charge in [0.15, 0.2) is 0 Å². The number of thioether (sulfide) groups is 1. The van der Waals surface area contributed by atoms with Crippen molar-refractivity contribution < 1.29 is 28.9 Å². The van der Waals surface area contributed by atoms with Crippen LogP contribution in [0.5, 0.6) is 0 Å². The molecule has 2 aliphatic rings. The number of carbonyl (C=O) groups is 1. The van der Waals surface area contributed by atoms with Crippen molar-refractivity contribution in [2.45, 2.75) is 41.1 Å². The van der Waals surface area contributed by atoms with Gasteiger partial charge in [-0.25, -0.2) is 19.1 Å². The number of hydrogen-bond acceptors (Lipinski definition) is 10. The minimum atomic E-state index is -1.22. The normalized spacial score (nSPS) is 25.3. The summed E-state index contributed by atoms with van der Waals surface area (Å²) in [6.07, 6.45) is 1.08. The van der Waals surface area contributed by atoms with Gasteiger partial charge in [-0.05, 0) is 40.5 Å². The first-order valence-electron chi connectivity index (χ1n) is 12.0. The third-order valence-electron chi connectivity index (χ3n) is 6.52. The van der Waals surface area contributed by atoms with Gasteiger partial charge in [0.2, 0.25) is 0 Å². The number of rotatable bonds is 8. The summed E-state index contributed by atoms with van der Waals surface area (Å²) in [4.78, 5) is 17.8. The topological polar surface area (TPSA) is 135 Å².